The van der Waals surface area contributed by atoms with Gasteiger partial charge in [-0.05, 0) is 24.5 Å². The number of halogens is 1. The number of aromatic carboxylic acids is 1. The highest BCUT2D eigenvalue weighted by Crippen LogP contribution is 2.15. The summed E-state index contributed by atoms with van der Waals surface area (Å²) >= 11 is 0. The van der Waals surface area contributed by atoms with Crippen molar-refractivity contribution in [3.8, 4) is 0 Å². The molecule has 0 amide bonds. The van der Waals surface area contributed by atoms with Crippen LogP contribution in [-0.2, 0) is 6.42 Å². The van der Waals surface area contributed by atoms with Gasteiger partial charge in [0.05, 0.1) is 5.56 Å². The van der Waals surface area contributed by atoms with E-state index in [0.29, 0.717) is 12.0 Å². The van der Waals surface area contributed by atoms with Crippen LogP contribution in [0.1, 0.15) is 35.7 Å². The molecule has 0 spiro atoms. The van der Waals surface area contributed by atoms with Gasteiger partial charge in [-0.1, -0.05) is 25.5 Å². The maximum Gasteiger partial charge on any atom is 0.338 e. The molecule has 0 saturated carbocycles. The van der Waals surface area contributed by atoms with Crippen LogP contribution in [0.25, 0.3) is 0 Å². The number of carbonyl (C=O) groups is 1. The molecule has 0 aromatic heterocycles. The Morgan fingerprint density at radius 3 is 2.79 bits per heavy atom. The van der Waals surface area contributed by atoms with Crippen LogP contribution in [0.15, 0.2) is 18.2 Å². The summed E-state index contributed by atoms with van der Waals surface area (Å²) in [6.07, 6.45) is 2.47. The summed E-state index contributed by atoms with van der Waals surface area (Å²) < 4.78 is 13.1. The van der Waals surface area contributed by atoms with Crippen molar-refractivity contribution in [1.82, 2.24) is 0 Å². The van der Waals surface area contributed by atoms with E-state index in [1.54, 1.807) is 12.1 Å². The van der Waals surface area contributed by atoms with E-state index in [9.17, 15) is 9.18 Å². The Balaban J connectivity index is 3.02. The molecule has 2 nitrogen and oxygen atoms in total. The minimum atomic E-state index is -1.19. The summed E-state index contributed by atoms with van der Waals surface area (Å²) in [6.45, 7) is 2.01. The zero-order valence-electron chi connectivity index (χ0n) is 8.09. The SMILES string of the molecule is CCCCc1cccc(F)c1C(=O)O. The van der Waals surface area contributed by atoms with Crippen LogP contribution < -0.4 is 0 Å². The number of rotatable bonds is 4. The Bertz CT molecular complexity index is 334. The molecule has 0 aliphatic carbocycles. The Morgan fingerprint density at radius 1 is 1.50 bits per heavy atom. The molecular formula is C11H13FO2. The average molecular weight is 196 g/mol. The number of hydrogen-bond acceptors (Lipinski definition) is 1. The van der Waals surface area contributed by atoms with Crippen LogP contribution in [0.3, 0.4) is 0 Å². The quantitative estimate of drug-likeness (QED) is 0.803. The van der Waals surface area contributed by atoms with Crippen molar-refractivity contribution < 1.29 is 14.3 Å². The van der Waals surface area contributed by atoms with Crippen molar-refractivity contribution in [2.24, 2.45) is 0 Å². The van der Waals surface area contributed by atoms with Gasteiger partial charge in [-0.2, -0.15) is 0 Å². The Morgan fingerprint density at radius 2 is 2.21 bits per heavy atom. The van der Waals surface area contributed by atoms with Crippen molar-refractivity contribution in [3.63, 3.8) is 0 Å². The zero-order chi connectivity index (χ0) is 10.6. The van der Waals surface area contributed by atoms with Crippen LogP contribution in [0, 0.1) is 5.82 Å². The normalized spacial score (nSPS) is 10.1. The molecule has 0 radical (unpaired) electrons. The minimum absolute atomic E-state index is 0.180. The minimum Gasteiger partial charge on any atom is -0.478 e. The second-order valence-corrected chi connectivity index (χ2v) is 3.18. The second kappa shape index (κ2) is 4.74. The maximum atomic E-state index is 13.1. The molecule has 0 heterocycles. The van der Waals surface area contributed by atoms with Gasteiger partial charge in [0.15, 0.2) is 0 Å². The molecule has 76 valence electrons. The molecule has 1 rings (SSSR count). The summed E-state index contributed by atoms with van der Waals surface area (Å²) in [5.74, 6) is -1.83. The zero-order valence-corrected chi connectivity index (χ0v) is 8.09. The number of carboxylic acids is 1. The molecule has 0 unspecified atom stereocenters. The van der Waals surface area contributed by atoms with Gasteiger partial charge in [-0.15, -0.1) is 0 Å². The largest absolute Gasteiger partial charge is 0.478 e. The average Bonchev–Trinajstić information content (AvgIpc) is 2.14. The van der Waals surface area contributed by atoms with Crippen molar-refractivity contribution in [2.75, 3.05) is 0 Å². The molecule has 0 aliphatic rings. The van der Waals surface area contributed by atoms with E-state index in [1.165, 1.54) is 6.07 Å². The first kappa shape index (κ1) is 10.7. The highest BCUT2D eigenvalue weighted by Gasteiger charge is 2.14. The summed E-state index contributed by atoms with van der Waals surface area (Å²) in [6, 6.07) is 4.40. The third-order valence-electron chi connectivity index (χ3n) is 2.11. The molecule has 14 heavy (non-hydrogen) atoms. The van der Waals surface area contributed by atoms with Gasteiger partial charge in [0, 0.05) is 0 Å². The molecule has 0 bridgehead atoms. The molecule has 0 aliphatic heterocycles. The third-order valence-corrected chi connectivity index (χ3v) is 2.11. The summed E-state index contributed by atoms with van der Waals surface area (Å²) in [5, 5.41) is 8.81. The fourth-order valence-corrected chi connectivity index (χ4v) is 1.38. The lowest BCUT2D eigenvalue weighted by molar-refractivity contribution is 0.0690. The molecule has 0 atom stereocenters. The van der Waals surface area contributed by atoms with Gasteiger partial charge in [-0.25, -0.2) is 9.18 Å². The number of carboxylic acid groups (broad SMARTS) is 1. The maximum absolute atomic E-state index is 13.1. The van der Waals surface area contributed by atoms with Gasteiger partial charge in [-0.3, -0.25) is 0 Å². The Labute approximate surface area is 82.4 Å². The lowest BCUT2D eigenvalue weighted by Gasteiger charge is -2.05. The predicted octanol–water partition coefficient (Wildman–Crippen LogP) is 2.87. The third kappa shape index (κ3) is 2.31. The van der Waals surface area contributed by atoms with Crippen molar-refractivity contribution in [3.05, 3.63) is 35.1 Å². The van der Waals surface area contributed by atoms with E-state index in [1.807, 2.05) is 6.92 Å². The van der Waals surface area contributed by atoms with Crippen LogP contribution in [0.5, 0.6) is 0 Å². The monoisotopic (exact) mass is 196 g/mol. The number of hydrogen-bond donors (Lipinski definition) is 1. The first-order valence-corrected chi connectivity index (χ1v) is 4.67. The van der Waals surface area contributed by atoms with E-state index >= 15 is 0 Å². The smallest absolute Gasteiger partial charge is 0.338 e. The molecule has 3 heteroatoms. The molecule has 1 aromatic carbocycles. The summed E-state index contributed by atoms with van der Waals surface area (Å²) in [7, 11) is 0. The summed E-state index contributed by atoms with van der Waals surface area (Å²) in [5.41, 5.74) is 0.403. The standard InChI is InChI=1S/C11H13FO2/c1-2-3-5-8-6-4-7-9(12)10(8)11(13)14/h4,6-7H,2-3,5H2,1H3,(H,13,14). The molecule has 0 saturated heterocycles. The van der Waals surface area contributed by atoms with Gasteiger partial charge in [0.1, 0.15) is 5.82 Å². The fraction of sp³-hybridized carbons (Fsp3) is 0.364. The van der Waals surface area contributed by atoms with Gasteiger partial charge in [0.2, 0.25) is 0 Å². The van der Waals surface area contributed by atoms with Crippen LogP contribution in [0.2, 0.25) is 0 Å². The second-order valence-electron chi connectivity index (χ2n) is 3.18. The van der Waals surface area contributed by atoms with Crippen LogP contribution >= 0.6 is 0 Å². The first-order chi connectivity index (χ1) is 6.66. The molecule has 1 N–H and O–H groups in total. The lowest BCUT2D eigenvalue weighted by atomic mass is 10.0. The number of unbranched alkanes of at least 4 members (excludes halogenated alkanes) is 1. The predicted molar refractivity (Wildman–Crippen MR) is 52.0 cm³/mol. The number of benzene rings is 1. The van der Waals surface area contributed by atoms with Crippen molar-refractivity contribution >= 4 is 5.97 Å². The Kier molecular flexibility index (Phi) is 3.63. The summed E-state index contributed by atoms with van der Waals surface area (Å²) in [4.78, 5) is 10.8. The molecule has 0 fully saturated rings. The van der Waals surface area contributed by atoms with E-state index in [4.69, 9.17) is 5.11 Å². The fourth-order valence-electron chi connectivity index (χ4n) is 1.38. The number of aryl methyl sites for hydroxylation is 1. The van der Waals surface area contributed by atoms with Gasteiger partial charge in [0.25, 0.3) is 0 Å². The van der Waals surface area contributed by atoms with Gasteiger partial charge < -0.3 is 5.11 Å². The van der Waals surface area contributed by atoms with Crippen LogP contribution in [-0.4, -0.2) is 11.1 Å². The highest BCUT2D eigenvalue weighted by atomic mass is 19.1. The van der Waals surface area contributed by atoms with Crippen molar-refractivity contribution in [1.29, 1.82) is 0 Å². The topological polar surface area (TPSA) is 37.3 Å². The molecule has 1 aromatic rings. The van der Waals surface area contributed by atoms with Gasteiger partial charge >= 0.3 is 5.97 Å². The van der Waals surface area contributed by atoms with E-state index in [2.05, 4.69) is 0 Å². The first-order valence-electron chi connectivity index (χ1n) is 4.67. The van der Waals surface area contributed by atoms with E-state index in [0.717, 1.165) is 12.8 Å². The Hall–Kier alpha value is -1.38. The van der Waals surface area contributed by atoms with E-state index < -0.39 is 11.8 Å². The van der Waals surface area contributed by atoms with Crippen molar-refractivity contribution in [2.45, 2.75) is 26.2 Å². The van der Waals surface area contributed by atoms with E-state index in [-0.39, 0.29) is 5.56 Å². The lowest BCUT2D eigenvalue weighted by Crippen LogP contribution is -2.05. The molecular weight excluding hydrogens is 183 g/mol. The van der Waals surface area contributed by atoms with Crippen LogP contribution in [0.4, 0.5) is 4.39 Å². The highest BCUT2D eigenvalue weighted by molar-refractivity contribution is 5.89.